The fourth-order valence-electron chi connectivity index (χ4n) is 8.43. The van der Waals surface area contributed by atoms with Gasteiger partial charge in [0.1, 0.15) is 45.2 Å². The zero-order valence-electron chi connectivity index (χ0n) is 43.6. The van der Waals surface area contributed by atoms with Crippen LogP contribution >= 0.6 is 0 Å². The van der Waals surface area contributed by atoms with E-state index in [0.717, 1.165) is 49.9 Å². The Morgan fingerprint density at radius 1 is 0.532 bits per heavy atom. The van der Waals surface area contributed by atoms with E-state index in [0.29, 0.717) is 11.1 Å². The van der Waals surface area contributed by atoms with Crippen molar-refractivity contribution in [3.63, 3.8) is 0 Å². The summed E-state index contributed by atoms with van der Waals surface area (Å²) in [5.74, 6) is -7.66. The summed E-state index contributed by atoms with van der Waals surface area (Å²) in [4.78, 5) is 127. The first-order chi connectivity index (χ1) is 37.9. The van der Waals surface area contributed by atoms with Crippen molar-refractivity contribution in [2.45, 2.75) is 89.5 Å². The number of ether oxygens (including phenoxy) is 9. The summed E-state index contributed by atoms with van der Waals surface area (Å²) in [6.07, 6.45) is -10.3. The van der Waals surface area contributed by atoms with Gasteiger partial charge in [-0.15, -0.1) is 0 Å². The lowest BCUT2D eigenvalue weighted by atomic mass is 9.98. The first kappa shape index (κ1) is 59.5. The van der Waals surface area contributed by atoms with Crippen molar-refractivity contribution in [2.24, 2.45) is 0 Å². The van der Waals surface area contributed by atoms with Gasteiger partial charge in [0, 0.05) is 40.0 Å². The van der Waals surface area contributed by atoms with E-state index in [1.807, 2.05) is 48.5 Å². The lowest BCUT2D eigenvalue weighted by Crippen LogP contribution is -2.63. The van der Waals surface area contributed by atoms with E-state index in [1.54, 1.807) is 60.7 Å². The highest BCUT2D eigenvalue weighted by Gasteiger charge is 2.53. The number of hydrogen-bond donors (Lipinski definition) is 5. The van der Waals surface area contributed by atoms with Gasteiger partial charge < -0.3 is 69.2 Å². The van der Waals surface area contributed by atoms with Gasteiger partial charge >= 0.3 is 35.9 Å². The number of hydrogen-bond acceptors (Lipinski definition) is 19. The maximum absolute atomic E-state index is 13.6. The van der Waals surface area contributed by atoms with Crippen LogP contribution < -0.4 is 26.6 Å². The minimum atomic E-state index is -1.70. The summed E-state index contributed by atoms with van der Waals surface area (Å²) in [7, 11) is 0. The molecule has 24 nitrogen and oxygen atoms in total. The number of carbonyl (C=O) groups excluding carboxylic acids is 10. The SMILES string of the molecule is CC(=O)OC[C@H]1O[C@@H](OC[C@@H](OCNC(=O)CNC(=O)[C@H](Cc2ccccc2)NC(=O)CNC(=O)CNC(=O)OCC2c3ccccc3-c3ccccc32)C(=O)OCc2ccccc2)[C@H](OC(C)=O)[C@@H](OC(C)=O)[C@H]1OC(C)=O. The minimum Gasteiger partial charge on any atom is -0.463 e. The molecule has 79 heavy (non-hydrogen) atoms. The molecule has 5 amide bonds. The van der Waals surface area contributed by atoms with E-state index < -0.39 is 142 Å². The van der Waals surface area contributed by atoms with Crippen molar-refractivity contribution in [3.05, 3.63) is 131 Å². The van der Waals surface area contributed by atoms with Crippen LogP contribution in [0.2, 0.25) is 0 Å². The molecule has 0 spiro atoms. The Morgan fingerprint density at radius 2 is 1.08 bits per heavy atom. The molecule has 0 saturated carbocycles. The number of amides is 5. The molecular weight excluding hydrogens is 1030 g/mol. The number of benzene rings is 4. The predicted molar refractivity (Wildman–Crippen MR) is 273 cm³/mol. The van der Waals surface area contributed by atoms with Crippen LogP contribution in [0.25, 0.3) is 11.1 Å². The highest BCUT2D eigenvalue weighted by atomic mass is 16.7. The third-order valence-electron chi connectivity index (χ3n) is 11.9. The summed E-state index contributed by atoms with van der Waals surface area (Å²) in [5, 5.41) is 12.2. The summed E-state index contributed by atoms with van der Waals surface area (Å²) in [6, 6.07) is 31.6. The van der Waals surface area contributed by atoms with Gasteiger partial charge in [0.25, 0.3) is 0 Å². The number of esters is 5. The molecule has 1 heterocycles. The largest absolute Gasteiger partial charge is 0.463 e. The van der Waals surface area contributed by atoms with E-state index in [2.05, 4.69) is 26.6 Å². The maximum atomic E-state index is 13.6. The van der Waals surface area contributed by atoms with Crippen molar-refractivity contribution < 1.29 is 90.6 Å². The second-order valence-corrected chi connectivity index (χ2v) is 17.9. The van der Waals surface area contributed by atoms with Gasteiger partial charge in [0.05, 0.1) is 19.7 Å². The maximum Gasteiger partial charge on any atom is 0.407 e. The Bertz CT molecular complexity index is 2750. The predicted octanol–water partition coefficient (Wildman–Crippen LogP) is 1.79. The van der Waals surface area contributed by atoms with Crippen molar-refractivity contribution in [1.82, 2.24) is 26.6 Å². The van der Waals surface area contributed by atoms with Crippen LogP contribution in [0.5, 0.6) is 0 Å². The number of fused-ring (bicyclic) bond motifs is 3. The van der Waals surface area contributed by atoms with E-state index in [-0.39, 0.29) is 25.6 Å². The van der Waals surface area contributed by atoms with Gasteiger partial charge in [0.15, 0.2) is 30.7 Å². The van der Waals surface area contributed by atoms with Crippen molar-refractivity contribution in [2.75, 3.05) is 46.2 Å². The average molecular weight is 1100 g/mol. The van der Waals surface area contributed by atoms with E-state index in [4.69, 9.17) is 42.6 Å². The Hall–Kier alpha value is -8.74. The van der Waals surface area contributed by atoms with Crippen LogP contribution in [0.15, 0.2) is 109 Å². The van der Waals surface area contributed by atoms with Gasteiger partial charge in [-0.05, 0) is 33.4 Å². The fraction of sp³-hybridized carbons (Fsp3) is 0.382. The topological polar surface area (TPSA) is 314 Å². The molecule has 24 heteroatoms. The normalized spacial score (nSPS) is 17.8. The second-order valence-electron chi connectivity index (χ2n) is 17.9. The number of rotatable bonds is 26. The average Bonchev–Trinajstić information content (AvgIpc) is 3.99. The lowest BCUT2D eigenvalue weighted by molar-refractivity contribution is -0.311. The van der Waals surface area contributed by atoms with Crippen LogP contribution in [-0.4, -0.2) is 149 Å². The first-order valence-electron chi connectivity index (χ1n) is 24.9. The summed E-state index contributed by atoms with van der Waals surface area (Å²) in [6.45, 7) is 0.351. The highest BCUT2D eigenvalue weighted by Crippen LogP contribution is 2.44. The lowest BCUT2D eigenvalue weighted by Gasteiger charge is -2.44. The molecule has 420 valence electrons. The molecule has 6 rings (SSSR count). The molecule has 0 bridgehead atoms. The number of nitrogens with one attached hydrogen (secondary N) is 5. The summed E-state index contributed by atoms with van der Waals surface area (Å²) in [5.41, 5.74) is 5.38. The van der Waals surface area contributed by atoms with Gasteiger partial charge in [-0.1, -0.05) is 109 Å². The molecule has 5 N–H and O–H groups in total. The second kappa shape index (κ2) is 29.7. The van der Waals surface area contributed by atoms with Crippen LogP contribution in [0.1, 0.15) is 55.9 Å². The minimum absolute atomic E-state index is 0.0211. The van der Waals surface area contributed by atoms with Crippen LogP contribution in [0, 0.1) is 0 Å². The van der Waals surface area contributed by atoms with Gasteiger partial charge in [0.2, 0.25) is 23.6 Å². The summed E-state index contributed by atoms with van der Waals surface area (Å²) >= 11 is 0. The van der Waals surface area contributed by atoms with Gasteiger partial charge in [-0.2, -0.15) is 0 Å². The fourth-order valence-corrected chi connectivity index (χ4v) is 8.43. The monoisotopic (exact) mass is 1100 g/mol. The highest BCUT2D eigenvalue weighted by molar-refractivity contribution is 5.92. The molecule has 4 aromatic carbocycles. The van der Waals surface area contributed by atoms with Gasteiger partial charge in [-0.3, -0.25) is 38.4 Å². The zero-order chi connectivity index (χ0) is 56.8. The molecular formula is C55H61N5O19. The van der Waals surface area contributed by atoms with Crippen LogP contribution in [0.3, 0.4) is 0 Å². The van der Waals surface area contributed by atoms with Crippen molar-refractivity contribution in [3.8, 4) is 11.1 Å². The molecule has 1 aliphatic heterocycles. The quantitative estimate of drug-likeness (QED) is 0.0340. The molecule has 1 fully saturated rings. The summed E-state index contributed by atoms with van der Waals surface area (Å²) < 4.78 is 49.9. The molecule has 1 saturated heterocycles. The molecule has 7 atom stereocenters. The molecule has 4 aromatic rings. The van der Waals surface area contributed by atoms with E-state index >= 15 is 0 Å². The first-order valence-corrected chi connectivity index (χ1v) is 24.9. The number of carbonyl (C=O) groups is 10. The third-order valence-corrected chi connectivity index (χ3v) is 11.9. The molecule has 0 aromatic heterocycles. The zero-order valence-corrected chi connectivity index (χ0v) is 43.6. The smallest absolute Gasteiger partial charge is 0.407 e. The van der Waals surface area contributed by atoms with Crippen molar-refractivity contribution >= 4 is 59.6 Å². The van der Waals surface area contributed by atoms with Gasteiger partial charge in [-0.25, -0.2) is 9.59 Å². The standard InChI is InChI=1S/C55H61N5O19/c1-32(61)71-29-44-49(76-33(2)62)50(77-34(3)63)51(78-35(4)64)54(79-44)73-30-45(53(69)72-27-37-17-9-6-10-18-37)75-31-59-47(66)24-57-52(68)43(23-36-15-7-5-8-16-36)60-48(67)26-56-46(65)25-58-55(70)74-28-42-40-21-13-11-19-38(40)39-20-12-14-22-41(39)42/h5-22,42-45,49-51,54H,23-31H2,1-4H3,(H,56,65)(H,57,68)(H,58,70)(H,59,66)(H,60,67)/t43-,44+,45+,49-,50-,51+,54+/m0/s1. The van der Waals surface area contributed by atoms with Crippen LogP contribution in [-0.2, 0) is 98.8 Å². The molecule has 0 unspecified atom stereocenters. The molecule has 2 aliphatic rings. The Labute approximate surface area is 453 Å². The molecule has 0 radical (unpaired) electrons. The van der Waals surface area contributed by atoms with E-state index in [1.165, 1.54) is 0 Å². The van der Waals surface area contributed by atoms with Crippen LogP contribution in [0.4, 0.5) is 4.79 Å². The van der Waals surface area contributed by atoms with Crippen molar-refractivity contribution in [1.29, 1.82) is 0 Å². The third kappa shape index (κ3) is 18.5. The molecule has 1 aliphatic carbocycles. The Kier molecular flexibility index (Phi) is 22.4. The Balaban J connectivity index is 1.02. The van der Waals surface area contributed by atoms with E-state index in [9.17, 15) is 47.9 Å². The Morgan fingerprint density at radius 3 is 1.70 bits per heavy atom. The number of alkyl carbamates (subject to hydrolysis) is 1.